The van der Waals surface area contributed by atoms with Crippen LogP contribution in [0.5, 0.6) is 5.75 Å². The third kappa shape index (κ3) is 4.22. The first kappa shape index (κ1) is 23.0. The molecule has 0 aliphatic rings. The average molecular weight is 481 g/mol. The maximum Gasteiger partial charge on any atom is 0.267 e. The highest BCUT2D eigenvalue weighted by Crippen LogP contribution is 2.15. The van der Waals surface area contributed by atoms with E-state index in [0.29, 0.717) is 11.3 Å². The monoisotopic (exact) mass is 480 g/mol. The fourth-order valence-corrected chi connectivity index (χ4v) is 4.12. The number of rotatable bonds is 6. The van der Waals surface area contributed by atoms with Crippen molar-refractivity contribution in [3.63, 3.8) is 0 Å². The molecule has 0 fully saturated rings. The summed E-state index contributed by atoms with van der Waals surface area (Å²) in [5.41, 5.74) is 3.12. The minimum atomic E-state index is -0.452. The molecule has 0 saturated carbocycles. The highest BCUT2D eigenvalue weighted by Gasteiger charge is 2.18. The second kappa shape index (κ2) is 9.46. The van der Waals surface area contributed by atoms with E-state index in [-0.39, 0.29) is 35.1 Å². The second-order valence-corrected chi connectivity index (χ2v) is 8.42. The van der Waals surface area contributed by atoms with Crippen LogP contribution in [0.1, 0.15) is 27.0 Å². The summed E-state index contributed by atoms with van der Waals surface area (Å²) in [5, 5.41) is 12.0. The number of ether oxygens (including phenoxy) is 1. The van der Waals surface area contributed by atoms with Gasteiger partial charge in [-0.05, 0) is 53.9 Å². The van der Waals surface area contributed by atoms with Crippen LogP contribution in [-0.4, -0.2) is 32.0 Å². The molecule has 1 amide bonds. The van der Waals surface area contributed by atoms with Crippen LogP contribution in [0.25, 0.3) is 16.7 Å². The van der Waals surface area contributed by atoms with Crippen molar-refractivity contribution in [1.29, 1.82) is 5.41 Å². The van der Waals surface area contributed by atoms with Crippen molar-refractivity contribution in [2.75, 3.05) is 7.11 Å². The Morgan fingerprint density at radius 2 is 1.89 bits per heavy atom. The summed E-state index contributed by atoms with van der Waals surface area (Å²) in [5.74, 6) is 0.270. The molecule has 0 aliphatic carbocycles. The molecule has 5 rings (SSSR count). The number of aromatic nitrogens is 4. The van der Waals surface area contributed by atoms with Crippen LogP contribution >= 0.6 is 0 Å². The van der Waals surface area contributed by atoms with E-state index in [4.69, 9.17) is 15.1 Å². The number of fused-ring (bicyclic) bond motifs is 2. The average Bonchev–Trinajstić information content (AvgIpc) is 2.90. The zero-order valence-electron chi connectivity index (χ0n) is 19.9. The Hall–Kier alpha value is -4.79. The van der Waals surface area contributed by atoms with Gasteiger partial charge in [-0.3, -0.25) is 24.4 Å². The van der Waals surface area contributed by atoms with Crippen LogP contribution in [0.3, 0.4) is 0 Å². The van der Waals surface area contributed by atoms with Crippen molar-refractivity contribution in [2.45, 2.75) is 20.0 Å². The zero-order valence-corrected chi connectivity index (χ0v) is 19.9. The molecule has 0 spiro atoms. The number of carbonyl (C=O) groups is 1. The third-order valence-electron chi connectivity index (χ3n) is 6.05. The van der Waals surface area contributed by atoms with Gasteiger partial charge in [0.2, 0.25) is 0 Å². The number of nitrogens with one attached hydrogen (secondary N) is 2. The van der Waals surface area contributed by atoms with Crippen LogP contribution in [0.2, 0.25) is 0 Å². The molecule has 1 aromatic carbocycles. The van der Waals surface area contributed by atoms with Crippen molar-refractivity contribution in [3.8, 4) is 5.75 Å². The Balaban J connectivity index is 1.63. The van der Waals surface area contributed by atoms with Gasteiger partial charge < -0.3 is 14.6 Å². The largest absolute Gasteiger partial charge is 0.497 e. The summed E-state index contributed by atoms with van der Waals surface area (Å²) < 4.78 is 8.23. The van der Waals surface area contributed by atoms with Crippen molar-refractivity contribution >= 4 is 22.6 Å². The van der Waals surface area contributed by atoms with E-state index in [1.54, 1.807) is 42.4 Å². The Morgan fingerprint density at radius 3 is 2.61 bits per heavy atom. The molecular weight excluding hydrogens is 456 g/mol. The number of amides is 1. The Bertz CT molecular complexity index is 1710. The molecule has 0 radical (unpaired) electrons. The first-order valence-electron chi connectivity index (χ1n) is 11.4. The van der Waals surface area contributed by atoms with Crippen LogP contribution < -0.4 is 21.1 Å². The number of methoxy groups -OCH3 is 1. The lowest BCUT2D eigenvalue weighted by atomic mass is 10.1. The van der Waals surface area contributed by atoms with E-state index >= 15 is 0 Å². The topological polar surface area (TPSA) is 114 Å². The minimum Gasteiger partial charge on any atom is -0.497 e. The molecule has 180 valence electrons. The van der Waals surface area contributed by atoms with Gasteiger partial charge in [0.1, 0.15) is 22.5 Å². The predicted molar refractivity (Wildman–Crippen MR) is 135 cm³/mol. The Kier molecular flexibility index (Phi) is 6.03. The Labute approximate surface area is 206 Å². The van der Waals surface area contributed by atoms with E-state index < -0.39 is 5.91 Å². The first-order valence-corrected chi connectivity index (χ1v) is 11.4. The zero-order chi connectivity index (χ0) is 25.2. The smallest absolute Gasteiger partial charge is 0.267 e. The molecule has 4 heterocycles. The lowest BCUT2D eigenvalue weighted by Gasteiger charge is -2.15. The fraction of sp³-hybridized carbons (Fsp3) is 0.148. The van der Waals surface area contributed by atoms with E-state index in [0.717, 1.165) is 22.4 Å². The Morgan fingerprint density at radius 1 is 1.08 bits per heavy atom. The summed E-state index contributed by atoms with van der Waals surface area (Å²) in [4.78, 5) is 35.6. The van der Waals surface area contributed by atoms with E-state index in [9.17, 15) is 9.59 Å². The molecule has 0 atom stereocenters. The summed E-state index contributed by atoms with van der Waals surface area (Å²) in [6.45, 7) is 2.37. The number of pyridine rings is 3. The van der Waals surface area contributed by atoms with Gasteiger partial charge in [-0.15, -0.1) is 0 Å². The summed E-state index contributed by atoms with van der Waals surface area (Å²) in [7, 11) is 1.59. The van der Waals surface area contributed by atoms with Crippen LogP contribution in [0, 0.1) is 12.3 Å². The maximum atomic E-state index is 13.5. The number of aryl methyl sites for hydroxylation is 1. The second-order valence-electron chi connectivity index (χ2n) is 8.42. The summed E-state index contributed by atoms with van der Waals surface area (Å²) in [6.07, 6.45) is 5.01. The molecule has 2 N–H and O–H groups in total. The normalized spacial score (nSPS) is 11.1. The lowest BCUT2D eigenvalue weighted by Crippen LogP contribution is -2.35. The van der Waals surface area contributed by atoms with Crippen LogP contribution in [0.4, 0.5) is 0 Å². The number of hydrogen-bond acceptors (Lipinski definition) is 6. The van der Waals surface area contributed by atoms with E-state index in [1.807, 2.05) is 43.3 Å². The van der Waals surface area contributed by atoms with E-state index in [1.165, 1.54) is 10.5 Å². The van der Waals surface area contributed by atoms with Crippen molar-refractivity contribution in [3.05, 3.63) is 111 Å². The standard InChI is InChI=1S/C27H24N6O3/c1-17-5-4-12-32-24(17)31-25-22(27(32)35)13-21(23(28)33(25)16-19-6-3-11-29-14-19)26(34)30-15-18-7-9-20(36-2)10-8-18/h3-14,28H,15-16H2,1-2H3,(H,30,34). The van der Waals surface area contributed by atoms with E-state index in [2.05, 4.69) is 10.3 Å². The summed E-state index contributed by atoms with van der Waals surface area (Å²) in [6, 6.07) is 16.1. The number of hydrogen-bond donors (Lipinski definition) is 2. The SMILES string of the molecule is COc1ccc(CNC(=O)c2cc3c(=O)n4cccc(C)c4nc3n(Cc3cccnc3)c2=N)cc1. The highest BCUT2D eigenvalue weighted by atomic mass is 16.5. The molecule has 5 aromatic rings. The predicted octanol–water partition coefficient (Wildman–Crippen LogP) is 2.82. The molecule has 0 unspecified atom stereocenters. The van der Waals surface area contributed by atoms with Gasteiger partial charge in [-0.25, -0.2) is 4.98 Å². The molecule has 0 aliphatic heterocycles. The van der Waals surface area contributed by atoms with Gasteiger partial charge in [0.15, 0.2) is 0 Å². The van der Waals surface area contributed by atoms with Crippen molar-refractivity contribution < 1.29 is 9.53 Å². The number of benzene rings is 1. The fourth-order valence-electron chi connectivity index (χ4n) is 4.12. The van der Waals surface area contributed by atoms with Gasteiger partial charge in [-0.2, -0.15) is 0 Å². The van der Waals surface area contributed by atoms with Crippen LogP contribution in [-0.2, 0) is 13.1 Å². The lowest BCUT2D eigenvalue weighted by molar-refractivity contribution is 0.0948. The molecule has 0 bridgehead atoms. The van der Waals surface area contributed by atoms with Crippen molar-refractivity contribution in [1.82, 2.24) is 24.3 Å². The molecule has 36 heavy (non-hydrogen) atoms. The highest BCUT2D eigenvalue weighted by molar-refractivity contribution is 5.96. The first-order chi connectivity index (χ1) is 17.5. The van der Waals surface area contributed by atoms with Gasteiger partial charge >= 0.3 is 0 Å². The third-order valence-corrected chi connectivity index (χ3v) is 6.05. The minimum absolute atomic E-state index is 0.0385. The molecular formula is C27H24N6O3. The maximum absolute atomic E-state index is 13.5. The van der Waals surface area contributed by atoms with Gasteiger partial charge in [0, 0.05) is 25.1 Å². The van der Waals surface area contributed by atoms with Crippen molar-refractivity contribution in [2.24, 2.45) is 0 Å². The quantitative estimate of drug-likeness (QED) is 0.363. The van der Waals surface area contributed by atoms with Gasteiger partial charge in [0.25, 0.3) is 11.5 Å². The van der Waals surface area contributed by atoms with Gasteiger partial charge in [-0.1, -0.05) is 24.3 Å². The van der Waals surface area contributed by atoms with Gasteiger partial charge in [0.05, 0.1) is 24.6 Å². The number of nitrogens with zero attached hydrogens (tertiary/aromatic N) is 4. The number of carbonyl (C=O) groups excluding carboxylic acids is 1. The molecule has 9 nitrogen and oxygen atoms in total. The molecule has 4 aromatic heterocycles. The van der Waals surface area contributed by atoms with Crippen LogP contribution in [0.15, 0.2) is 78.0 Å². The molecule has 0 saturated heterocycles. The summed E-state index contributed by atoms with van der Waals surface area (Å²) >= 11 is 0. The molecule has 9 heteroatoms.